The summed E-state index contributed by atoms with van der Waals surface area (Å²) in [5, 5.41) is 11.7. The molecule has 3 N–H and O–H groups in total. The van der Waals surface area contributed by atoms with Crippen LogP contribution < -0.4 is 16.2 Å². The van der Waals surface area contributed by atoms with E-state index in [1.807, 2.05) is 72.8 Å². The molecule has 6 rings (SSSR count). The van der Waals surface area contributed by atoms with Gasteiger partial charge in [-0.25, -0.2) is 9.79 Å². The predicted octanol–water partition coefficient (Wildman–Crippen LogP) is 2.87. The van der Waals surface area contributed by atoms with E-state index in [4.69, 9.17) is 11.6 Å². The Morgan fingerprint density at radius 1 is 0.912 bits per heavy atom. The minimum atomic E-state index is -0.668. The number of benzene rings is 3. The summed E-state index contributed by atoms with van der Waals surface area (Å²) in [6.45, 7) is 0.265. The smallest absolute Gasteiger partial charge is 0.416 e. The molecule has 4 aromatic rings. The highest BCUT2D eigenvalue weighted by Crippen LogP contribution is 2.45. The van der Waals surface area contributed by atoms with E-state index in [0.29, 0.717) is 38.8 Å². The van der Waals surface area contributed by atoms with Gasteiger partial charge < -0.3 is 5.11 Å². The van der Waals surface area contributed by atoms with Crippen LogP contribution in [0.25, 0.3) is 5.76 Å². The first-order chi connectivity index (χ1) is 16.5. The number of aliphatic hydroxyl groups is 1. The third kappa shape index (κ3) is 2.99. The number of nitrogens with one attached hydrogen (secondary N) is 2. The number of aromatic amines is 1. The molecular formula is C27H19ClN3O3+. The van der Waals surface area contributed by atoms with Crippen LogP contribution in [0.3, 0.4) is 0 Å². The van der Waals surface area contributed by atoms with E-state index in [-0.39, 0.29) is 12.3 Å². The summed E-state index contributed by atoms with van der Waals surface area (Å²) in [5.41, 5.74) is 3.59. The lowest BCUT2D eigenvalue weighted by Crippen LogP contribution is -2.72. The largest absolute Gasteiger partial charge is 0.507 e. The minimum absolute atomic E-state index is 0.0916. The van der Waals surface area contributed by atoms with Crippen LogP contribution in [0.1, 0.15) is 33.7 Å². The van der Waals surface area contributed by atoms with Crippen molar-refractivity contribution in [1.29, 1.82) is 0 Å². The quantitative estimate of drug-likeness (QED) is 0.432. The second-order valence-electron chi connectivity index (χ2n) is 8.36. The summed E-state index contributed by atoms with van der Waals surface area (Å²) in [5.74, 6) is -0.182. The fraction of sp³-hybridized carbons (Fsp3) is 0.0741. The number of halogens is 1. The van der Waals surface area contributed by atoms with Crippen LogP contribution in [0.4, 0.5) is 5.82 Å². The van der Waals surface area contributed by atoms with Gasteiger partial charge in [-0.05, 0) is 23.3 Å². The summed E-state index contributed by atoms with van der Waals surface area (Å²) in [6, 6.07) is 24.3. The Hall–Kier alpha value is -4.16. The van der Waals surface area contributed by atoms with Gasteiger partial charge in [0.05, 0.1) is 11.5 Å². The van der Waals surface area contributed by atoms with Gasteiger partial charge in [0, 0.05) is 16.1 Å². The van der Waals surface area contributed by atoms with E-state index in [1.54, 1.807) is 6.07 Å². The number of fused-ring (bicyclic) bond motifs is 4. The molecule has 0 radical (unpaired) electrons. The molecule has 0 saturated carbocycles. The van der Waals surface area contributed by atoms with Crippen molar-refractivity contribution in [3.05, 3.63) is 138 Å². The Morgan fingerprint density at radius 2 is 1.59 bits per heavy atom. The maximum Gasteiger partial charge on any atom is 0.416 e. The van der Waals surface area contributed by atoms with Crippen LogP contribution in [0, 0.1) is 0 Å². The SMILES string of the molecule is O=c1[nH]c(=O)n(Cc2ccccc2)c2c1C(c1ccccc1Cl)C1=C(O)c3ccccc3C1=[NH+]2. The van der Waals surface area contributed by atoms with E-state index in [9.17, 15) is 14.7 Å². The van der Waals surface area contributed by atoms with Crippen molar-refractivity contribution in [1.82, 2.24) is 9.55 Å². The lowest BCUT2D eigenvalue weighted by Gasteiger charge is -2.24. The van der Waals surface area contributed by atoms with Gasteiger partial charge in [-0.2, -0.15) is 4.57 Å². The molecule has 1 aromatic heterocycles. The molecule has 1 aliphatic carbocycles. The highest BCUT2D eigenvalue weighted by Gasteiger charge is 2.44. The highest BCUT2D eigenvalue weighted by atomic mass is 35.5. The average Bonchev–Trinajstić information content (AvgIpc) is 3.13. The zero-order valence-corrected chi connectivity index (χ0v) is 18.6. The maximum atomic E-state index is 13.3. The molecule has 2 heterocycles. The number of hydrogen-bond acceptors (Lipinski definition) is 3. The van der Waals surface area contributed by atoms with Crippen molar-refractivity contribution in [3.8, 4) is 0 Å². The molecule has 34 heavy (non-hydrogen) atoms. The number of aliphatic hydroxyl groups excluding tert-OH is 1. The van der Waals surface area contributed by atoms with Gasteiger partial charge in [0.2, 0.25) is 0 Å². The average molecular weight is 469 g/mol. The molecule has 3 aromatic carbocycles. The van der Waals surface area contributed by atoms with Gasteiger partial charge in [-0.15, -0.1) is 0 Å². The van der Waals surface area contributed by atoms with Crippen LogP contribution in [0.2, 0.25) is 5.02 Å². The zero-order valence-electron chi connectivity index (χ0n) is 17.9. The van der Waals surface area contributed by atoms with E-state index >= 15 is 0 Å². The Kier molecular flexibility index (Phi) is 4.64. The number of rotatable bonds is 3. The van der Waals surface area contributed by atoms with E-state index in [1.165, 1.54) is 4.57 Å². The summed E-state index contributed by atoms with van der Waals surface area (Å²) < 4.78 is 1.53. The Balaban J connectivity index is 1.71. The van der Waals surface area contributed by atoms with Crippen LogP contribution in [0.15, 0.2) is 94.0 Å². The number of aromatic nitrogens is 2. The van der Waals surface area contributed by atoms with E-state index in [0.717, 1.165) is 11.1 Å². The lowest BCUT2D eigenvalue weighted by molar-refractivity contribution is -0.364. The highest BCUT2D eigenvalue weighted by molar-refractivity contribution is 6.32. The third-order valence-corrected chi connectivity index (χ3v) is 6.78. The first-order valence-corrected chi connectivity index (χ1v) is 11.2. The molecule has 1 atom stereocenters. The number of nitrogens with zero attached hydrogens (tertiary/aromatic N) is 1. The molecular weight excluding hydrogens is 450 g/mol. The standard InChI is InChI=1S/C27H18ClN3O3/c28-19-13-7-6-12-18(19)20-21-23(16-10-4-5-11-17(16)24(21)32)29-25-22(20)26(33)30-27(34)31(25)14-15-8-2-1-3-9-15/h1-13,20,32H,14H2,(H,30,33,34)/p+1. The molecule has 0 saturated heterocycles. The molecule has 0 amide bonds. The molecule has 1 aliphatic heterocycles. The first kappa shape index (κ1) is 20.4. The molecule has 1 unspecified atom stereocenters. The molecule has 166 valence electrons. The van der Waals surface area contributed by atoms with Crippen molar-refractivity contribution in [2.45, 2.75) is 12.5 Å². The number of allylic oxidation sites excluding steroid dienone is 1. The first-order valence-electron chi connectivity index (χ1n) is 10.9. The second-order valence-corrected chi connectivity index (χ2v) is 8.76. The molecule has 0 spiro atoms. The van der Waals surface area contributed by atoms with Gasteiger partial charge in [0.15, 0.2) is 0 Å². The van der Waals surface area contributed by atoms with E-state index < -0.39 is 17.2 Å². The van der Waals surface area contributed by atoms with Crippen molar-refractivity contribution >= 4 is 28.9 Å². The van der Waals surface area contributed by atoms with Gasteiger partial charge in [-0.3, -0.25) is 9.78 Å². The maximum absolute atomic E-state index is 13.3. The van der Waals surface area contributed by atoms with Crippen molar-refractivity contribution in [2.24, 2.45) is 0 Å². The van der Waals surface area contributed by atoms with Crippen molar-refractivity contribution < 1.29 is 10.1 Å². The van der Waals surface area contributed by atoms with Crippen LogP contribution in [0.5, 0.6) is 0 Å². The molecule has 7 heteroatoms. The summed E-state index contributed by atoms with van der Waals surface area (Å²) in [6.07, 6.45) is 0. The van der Waals surface area contributed by atoms with Gasteiger partial charge in [0.25, 0.3) is 11.4 Å². The minimum Gasteiger partial charge on any atom is -0.507 e. The van der Waals surface area contributed by atoms with Gasteiger partial charge >= 0.3 is 5.69 Å². The summed E-state index contributed by atoms with van der Waals surface area (Å²) in [4.78, 5) is 32.1. The lowest BCUT2D eigenvalue weighted by atomic mass is 9.81. The third-order valence-electron chi connectivity index (χ3n) is 6.43. The normalized spacial score (nSPS) is 16.0. The number of H-pyrrole nitrogens is 1. The van der Waals surface area contributed by atoms with Crippen LogP contribution in [-0.4, -0.2) is 20.4 Å². The van der Waals surface area contributed by atoms with Crippen LogP contribution in [-0.2, 0) is 6.54 Å². The topological polar surface area (TPSA) is 89.1 Å². The number of hydrogen-bond donors (Lipinski definition) is 3. The summed E-state index contributed by atoms with van der Waals surface area (Å²) in [7, 11) is 0. The monoisotopic (exact) mass is 468 g/mol. The molecule has 0 bridgehead atoms. The van der Waals surface area contributed by atoms with Crippen molar-refractivity contribution in [3.63, 3.8) is 0 Å². The fourth-order valence-electron chi connectivity index (χ4n) is 4.92. The zero-order chi connectivity index (χ0) is 23.4. The van der Waals surface area contributed by atoms with Gasteiger partial charge in [0.1, 0.15) is 23.6 Å². The Morgan fingerprint density at radius 3 is 2.35 bits per heavy atom. The molecule has 6 nitrogen and oxygen atoms in total. The fourth-order valence-corrected chi connectivity index (χ4v) is 5.17. The van der Waals surface area contributed by atoms with E-state index in [2.05, 4.69) is 9.98 Å². The Labute approximate surface area is 199 Å². The van der Waals surface area contributed by atoms with Gasteiger partial charge in [-0.1, -0.05) is 78.3 Å². The van der Waals surface area contributed by atoms with Crippen LogP contribution >= 0.6 is 11.6 Å². The summed E-state index contributed by atoms with van der Waals surface area (Å²) >= 11 is 6.61. The molecule has 0 fully saturated rings. The predicted molar refractivity (Wildman–Crippen MR) is 131 cm³/mol. The molecule has 2 aliphatic rings. The second kappa shape index (κ2) is 7.71. The Bertz CT molecular complexity index is 1650. The van der Waals surface area contributed by atoms with Crippen molar-refractivity contribution in [2.75, 3.05) is 0 Å².